The molecule has 5 aromatic carbocycles. The average molecular weight is 706 g/mol. The van der Waals surface area contributed by atoms with Gasteiger partial charge in [0, 0.05) is 22.3 Å². The van der Waals surface area contributed by atoms with E-state index in [2.05, 4.69) is 202 Å². The van der Waals surface area contributed by atoms with Gasteiger partial charge in [-0.3, -0.25) is 0 Å². The molecule has 0 spiro atoms. The topological polar surface area (TPSA) is 3.24 Å². The summed E-state index contributed by atoms with van der Waals surface area (Å²) < 4.78 is 0. The summed E-state index contributed by atoms with van der Waals surface area (Å²) in [5.74, 6) is 0. The fraction of sp³-hybridized carbons (Fsp3) is 0.346. The van der Waals surface area contributed by atoms with Gasteiger partial charge in [-0.1, -0.05) is 175 Å². The maximum absolute atomic E-state index is 2.46. The molecule has 280 valence electrons. The summed E-state index contributed by atoms with van der Waals surface area (Å²) >= 11 is 0. The molecule has 0 fully saturated rings. The molecule has 0 heterocycles. The first-order valence-corrected chi connectivity index (χ1v) is 20.0. The highest BCUT2D eigenvalue weighted by molar-refractivity contribution is 6.06. The van der Waals surface area contributed by atoms with E-state index in [4.69, 9.17) is 0 Å². The van der Waals surface area contributed by atoms with Gasteiger partial charge in [0.1, 0.15) is 0 Å². The van der Waals surface area contributed by atoms with Crippen LogP contribution in [0.25, 0.3) is 16.8 Å². The van der Waals surface area contributed by atoms with Crippen LogP contribution in [0, 0.1) is 27.7 Å². The summed E-state index contributed by atoms with van der Waals surface area (Å²) in [6, 6.07) is 35.2. The van der Waals surface area contributed by atoms with E-state index in [1.54, 1.807) is 0 Å². The van der Waals surface area contributed by atoms with Crippen molar-refractivity contribution in [3.8, 4) is 0 Å². The standard InChI is InChI=1S/C32H33N.C8H10.C7H10.C3H8.C2H6/c1-22-12-11-15-26(20-22)33(25-13-7-6-8-14-25)31-28-17-10-9-16-27(28)23(2)30-21-24(32(3,4)5)18-19-29(30)31;1-7-4-3-5-8(2)6-7;1-7-5-3-2-4-6-7;1-3-2;1-2/h6-8,10-15,17-21H,9,16H2,1-5H3;3-6H,1-2H3;3,5-6H,2,4H2,1H3;3H2,1-2H3;1-2H3. The van der Waals surface area contributed by atoms with Gasteiger partial charge < -0.3 is 4.90 Å². The Morgan fingerprint density at radius 2 is 1.17 bits per heavy atom. The van der Waals surface area contributed by atoms with Crippen LogP contribution in [0.3, 0.4) is 0 Å². The van der Waals surface area contributed by atoms with Crippen molar-refractivity contribution in [3.63, 3.8) is 0 Å². The summed E-state index contributed by atoms with van der Waals surface area (Å²) in [5, 5.41) is 2.69. The van der Waals surface area contributed by atoms with E-state index in [9.17, 15) is 0 Å². The third-order valence-corrected chi connectivity index (χ3v) is 9.27. The highest BCUT2D eigenvalue weighted by atomic mass is 15.1. The molecule has 0 saturated carbocycles. The minimum Gasteiger partial charge on any atom is -0.309 e. The van der Waals surface area contributed by atoms with Gasteiger partial charge in [0.2, 0.25) is 0 Å². The van der Waals surface area contributed by atoms with E-state index in [1.165, 1.54) is 91.6 Å². The van der Waals surface area contributed by atoms with Crippen molar-refractivity contribution in [2.45, 2.75) is 121 Å². The highest BCUT2D eigenvalue weighted by Crippen LogP contribution is 2.46. The zero-order chi connectivity index (χ0) is 39.0. The van der Waals surface area contributed by atoms with Crippen LogP contribution in [-0.4, -0.2) is 0 Å². The molecule has 0 amide bonds. The molecule has 0 radical (unpaired) electrons. The molecule has 7 rings (SSSR count). The van der Waals surface area contributed by atoms with Gasteiger partial charge in [0.15, 0.2) is 0 Å². The van der Waals surface area contributed by atoms with Crippen molar-refractivity contribution in [2.75, 3.05) is 4.90 Å². The molecule has 0 N–H and O–H groups in total. The first-order valence-electron chi connectivity index (χ1n) is 20.0. The van der Waals surface area contributed by atoms with Crippen molar-refractivity contribution in [2.24, 2.45) is 0 Å². The SMILES string of the molecule is CC.CC1=CCCC=C1.CCC.Cc1cccc(C)c1.Cc1cccc(N(c2ccccc2)c2c3c(c(C)c4cc(C(C)(C)C)ccc24)CCC=C3)c1. The van der Waals surface area contributed by atoms with Crippen LogP contribution < -0.4 is 4.90 Å². The smallest absolute Gasteiger partial charge is 0.0615 e. The molecule has 1 heteroatoms. The van der Waals surface area contributed by atoms with Crippen LogP contribution in [0.15, 0.2) is 127 Å². The number of benzene rings is 5. The maximum Gasteiger partial charge on any atom is 0.0615 e. The van der Waals surface area contributed by atoms with Crippen LogP contribution in [0.4, 0.5) is 17.1 Å². The Morgan fingerprint density at radius 1 is 0.585 bits per heavy atom. The number of fused-ring (bicyclic) bond motifs is 2. The molecule has 0 aliphatic heterocycles. The van der Waals surface area contributed by atoms with Gasteiger partial charge in [-0.2, -0.15) is 0 Å². The lowest BCUT2D eigenvalue weighted by Gasteiger charge is -2.32. The monoisotopic (exact) mass is 706 g/mol. The summed E-state index contributed by atoms with van der Waals surface area (Å²) in [7, 11) is 0. The van der Waals surface area contributed by atoms with Crippen LogP contribution in [0.2, 0.25) is 0 Å². The molecule has 2 aliphatic rings. The predicted molar refractivity (Wildman–Crippen MR) is 240 cm³/mol. The molecule has 1 nitrogen and oxygen atoms in total. The fourth-order valence-electron chi connectivity index (χ4n) is 6.65. The van der Waals surface area contributed by atoms with Gasteiger partial charge in [0.05, 0.1) is 5.69 Å². The fourth-order valence-corrected chi connectivity index (χ4v) is 6.65. The quantitative estimate of drug-likeness (QED) is 0.181. The average Bonchev–Trinajstić information content (AvgIpc) is 3.15. The van der Waals surface area contributed by atoms with Crippen molar-refractivity contribution in [3.05, 3.63) is 166 Å². The molecular formula is C52H67N. The largest absolute Gasteiger partial charge is 0.309 e. The van der Waals surface area contributed by atoms with Crippen LogP contribution >= 0.6 is 0 Å². The highest BCUT2D eigenvalue weighted by Gasteiger charge is 2.25. The van der Waals surface area contributed by atoms with Crippen molar-refractivity contribution in [1.82, 2.24) is 0 Å². The first kappa shape index (κ1) is 42.8. The van der Waals surface area contributed by atoms with Gasteiger partial charge in [-0.15, -0.1) is 0 Å². The van der Waals surface area contributed by atoms with E-state index in [0.717, 1.165) is 12.8 Å². The zero-order valence-electron chi connectivity index (χ0n) is 35.1. The third-order valence-electron chi connectivity index (χ3n) is 9.27. The molecule has 2 aliphatic carbocycles. The lowest BCUT2D eigenvalue weighted by atomic mass is 9.82. The Bertz CT molecular complexity index is 1950. The summed E-state index contributed by atoms with van der Waals surface area (Å²) in [5.41, 5.74) is 14.8. The minimum atomic E-state index is 0.117. The molecule has 0 saturated heterocycles. The number of allylic oxidation sites excluding steroid dienone is 5. The second-order valence-corrected chi connectivity index (χ2v) is 15.1. The second kappa shape index (κ2) is 21.2. The van der Waals surface area contributed by atoms with Gasteiger partial charge in [0.25, 0.3) is 0 Å². The van der Waals surface area contributed by atoms with Crippen molar-refractivity contribution >= 4 is 33.9 Å². The molecule has 53 heavy (non-hydrogen) atoms. The van der Waals surface area contributed by atoms with Gasteiger partial charge in [-0.25, -0.2) is 0 Å². The van der Waals surface area contributed by atoms with Crippen LogP contribution in [-0.2, 0) is 11.8 Å². The van der Waals surface area contributed by atoms with Gasteiger partial charge >= 0.3 is 0 Å². The molecule has 0 aromatic heterocycles. The Labute approximate surface area is 324 Å². The Hall–Kier alpha value is -4.62. The lowest BCUT2D eigenvalue weighted by Crippen LogP contribution is -2.15. The Kier molecular flexibility index (Phi) is 17.1. The molecular weight excluding hydrogens is 639 g/mol. The molecule has 0 bridgehead atoms. The predicted octanol–water partition coefficient (Wildman–Crippen LogP) is 16.2. The van der Waals surface area contributed by atoms with Crippen molar-refractivity contribution < 1.29 is 0 Å². The molecule has 5 aromatic rings. The number of hydrogen-bond donors (Lipinski definition) is 0. The van der Waals surface area contributed by atoms with E-state index in [-0.39, 0.29) is 5.41 Å². The number of anilines is 3. The number of para-hydroxylation sites is 1. The first-order chi connectivity index (χ1) is 25.4. The summed E-state index contributed by atoms with van der Waals surface area (Å²) in [4.78, 5) is 2.46. The zero-order valence-corrected chi connectivity index (χ0v) is 35.1. The number of aryl methyl sites for hydroxylation is 4. The maximum atomic E-state index is 2.46. The van der Waals surface area contributed by atoms with E-state index in [1.807, 2.05) is 13.8 Å². The lowest BCUT2D eigenvalue weighted by molar-refractivity contribution is 0.591. The number of hydrogen-bond acceptors (Lipinski definition) is 1. The number of nitrogens with zero attached hydrogens (tertiary/aromatic N) is 1. The van der Waals surface area contributed by atoms with Gasteiger partial charge in [-0.05, 0) is 118 Å². The summed E-state index contributed by atoms with van der Waals surface area (Å²) in [6.07, 6.45) is 17.3. The van der Waals surface area contributed by atoms with Crippen molar-refractivity contribution in [1.29, 1.82) is 0 Å². The summed E-state index contributed by atoms with van der Waals surface area (Å²) in [6.45, 7) is 26.0. The van der Waals surface area contributed by atoms with Crippen LogP contribution in [0.5, 0.6) is 0 Å². The molecule has 0 atom stereocenters. The minimum absolute atomic E-state index is 0.117. The second-order valence-electron chi connectivity index (χ2n) is 15.1. The number of rotatable bonds is 3. The van der Waals surface area contributed by atoms with E-state index >= 15 is 0 Å². The normalized spacial score (nSPS) is 12.6. The van der Waals surface area contributed by atoms with Crippen LogP contribution in [0.1, 0.15) is 120 Å². The molecule has 0 unspecified atom stereocenters. The van der Waals surface area contributed by atoms with E-state index in [0.29, 0.717) is 0 Å². The Morgan fingerprint density at radius 3 is 1.68 bits per heavy atom. The van der Waals surface area contributed by atoms with E-state index < -0.39 is 0 Å². The Balaban J connectivity index is 0.000000308. The third kappa shape index (κ3) is 12.2.